The number of aromatic carboxylic acids is 1. The van der Waals surface area contributed by atoms with E-state index >= 15 is 0 Å². The molecule has 11 N–H and O–H groups in total. The highest BCUT2D eigenvalue weighted by Crippen LogP contribution is 2.58. The average Bonchev–Trinajstić information content (AvgIpc) is 1.57. The van der Waals surface area contributed by atoms with E-state index in [0.29, 0.717) is 40.1 Å². The number of fused-ring (bicyclic) bond motifs is 12. The summed E-state index contributed by atoms with van der Waals surface area (Å²) in [5, 5.41) is 19.4. The van der Waals surface area contributed by atoms with Crippen molar-refractivity contribution in [3.63, 3.8) is 0 Å². The molecule has 1 aliphatic heterocycles. The lowest BCUT2D eigenvalue weighted by molar-refractivity contribution is -0.136. The molecule has 1 saturated heterocycles. The highest BCUT2D eigenvalue weighted by atomic mass is 35.5. The van der Waals surface area contributed by atoms with Crippen molar-refractivity contribution < 1.29 is 155 Å². The number of nitrogens with one attached hydrogen (secondary N) is 1. The van der Waals surface area contributed by atoms with Crippen LogP contribution in [0.25, 0.3) is 9.69 Å². The number of nitrogens with zero attached hydrogens (tertiary/aromatic N) is 8. The van der Waals surface area contributed by atoms with Crippen LogP contribution in [0.3, 0.4) is 0 Å². The van der Waals surface area contributed by atoms with Crippen LogP contribution in [0, 0.1) is 48.7 Å². The first-order valence-electron chi connectivity index (χ1n) is 64.0. The molecule has 29 heteroatoms. The molecule has 3 amide bonds. The summed E-state index contributed by atoms with van der Waals surface area (Å²) in [6.45, 7) is 40.6. The number of hydrogen-bond donors (Lipinski definition) is 6. The summed E-state index contributed by atoms with van der Waals surface area (Å²) in [5.74, 6) is 0.180. The quantitative estimate of drug-likeness (QED) is 0.0210. The maximum absolute atomic E-state index is 12.6. The minimum atomic E-state index is -0.921. The summed E-state index contributed by atoms with van der Waals surface area (Å²) in [5.41, 5.74) is 24.0. The third-order valence-corrected chi connectivity index (χ3v) is 25.0. The molecule has 0 radical (unpaired) electrons. The van der Waals surface area contributed by atoms with E-state index in [1.165, 1.54) is 17.6 Å². The minimum absolute atomic E-state index is 0. The van der Waals surface area contributed by atoms with Gasteiger partial charge in [0.1, 0.15) is 57.7 Å². The lowest BCUT2D eigenvalue weighted by atomic mass is 9.56. The number of ketones is 4. The van der Waals surface area contributed by atoms with Gasteiger partial charge in [-0.05, 0) is 275 Å². The third-order valence-electron chi connectivity index (χ3n) is 25.0. The number of benzene rings is 3. The van der Waals surface area contributed by atoms with Crippen molar-refractivity contribution in [1.82, 2.24) is 36.3 Å². The van der Waals surface area contributed by atoms with E-state index < -0.39 is 41.1 Å². The molecule has 726 valence electrons. The van der Waals surface area contributed by atoms with Crippen molar-refractivity contribution in [2.75, 3.05) is 0 Å². The van der Waals surface area contributed by atoms with Gasteiger partial charge in [0.05, 0.1) is 48.0 Å². The van der Waals surface area contributed by atoms with Gasteiger partial charge in [0, 0.05) is 110 Å². The van der Waals surface area contributed by atoms with Gasteiger partial charge in [-0.15, -0.1) is 12.4 Å². The number of nitrogens with two attached hydrogens (primary N) is 3. The number of halogens is 1. The van der Waals surface area contributed by atoms with Crippen LogP contribution in [0.2, 0.25) is 0 Å². The van der Waals surface area contributed by atoms with Crippen LogP contribution in [0.15, 0.2) is 96.2 Å². The van der Waals surface area contributed by atoms with Gasteiger partial charge in [0.2, 0.25) is 6.23 Å². The first-order valence-corrected chi connectivity index (χ1v) is 40.0. The van der Waals surface area contributed by atoms with E-state index in [2.05, 4.69) is 35.0 Å². The van der Waals surface area contributed by atoms with Gasteiger partial charge >= 0.3 is 30.2 Å². The van der Waals surface area contributed by atoms with Gasteiger partial charge in [-0.1, -0.05) is 106 Å². The van der Waals surface area contributed by atoms with Crippen molar-refractivity contribution in [3.8, 4) is 0 Å². The fraction of sp³-hybridized carbons (Fsp3) is 0.604. The minimum Gasteiger partial charge on any atom is -1.00 e. The topological polar surface area (TPSA) is 408 Å². The molecule has 28 nitrogen and oxygen atoms in total. The number of carbonyl (C=O) groups excluding carboxylic acids is 8. The lowest BCUT2D eigenvalue weighted by Gasteiger charge is -2.52. The maximum atomic E-state index is 12.6. The van der Waals surface area contributed by atoms with Crippen LogP contribution in [-0.4, -0.2) is 117 Å². The maximum Gasteiger partial charge on any atom is 0.434 e. The summed E-state index contributed by atoms with van der Waals surface area (Å²) in [7, 11) is 0. The lowest BCUT2D eigenvalue weighted by Crippen LogP contribution is -2.53. The molecule has 12 aliphatic carbocycles. The molecule has 120 heavy (non-hydrogen) atoms. The van der Waals surface area contributed by atoms with Crippen LogP contribution in [-0.2, 0) is 60.6 Å². The number of esters is 1. The van der Waals surface area contributed by atoms with Crippen LogP contribution in [0.1, 0.15) is 404 Å². The van der Waals surface area contributed by atoms with Crippen LogP contribution >= 0.6 is 12.4 Å². The Bertz CT molecular complexity index is 4470. The highest BCUT2D eigenvalue weighted by molar-refractivity contribution is 5.91. The SMILES string of the molecule is C.C.C.CC(=O)C12CCC(N)(CC1)CC2.CC(=O)C12CCC(N)(CC1)CC2.CC(=O)C12CCC(n3ncc(C(=O)O)c3C)(CC1)CC2.CC(=O)C12CCC(n3ncc(C(=O)OCc4ccccc4)c3C)(CC1)CC2.CC(C)(C)OC(N)=O.Cl.N.[2H-].[2H-].[2H-].[2H-].[2H-].[2H-].[2H-].[2H-].[2H][2H].[2H][2H].[2H][2H].[2H][2H].[2H][2H].[2H][2H].[2H][2H].[2H][2H].[2H][2H].[2H][2H].[2H][2H].[2H][2H].[2H][2H].[2H][2H].[2H][2H].[2H][2H].[2H][2H].[2H][2H].[2H][2H].[2H][2H].[2H][2H].[2H][2H].[2H][2H].[2H][2H].[C-]#[N+]c1ccc(C2ON2NC(=O)OC(C)(C)C)cc1.[C-]#[N+]c1ccc(C=NC(=O)OC(C)(C)C)cc1. The molecule has 13 aliphatic rings. The van der Waals surface area contributed by atoms with E-state index in [0.717, 1.165) is 182 Å². The van der Waals surface area contributed by atoms with Gasteiger partial charge in [0.15, 0.2) is 11.4 Å². The number of hydrogen-bond acceptors (Lipinski definition) is 20. The monoisotopic (exact) mass is 1800 g/mol. The Morgan fingerprint density at radius 2 is 0.900 bits per heavy atom. The Hall–Kier alpha value is -9.55. The summed E-state index contributed by atoms with van der Waals surface area (Å²) in [6, 6.07) is 23.4. The molecule has 5 aromatic rings. The summed E-state index contributed by atoms with van der Waals surface area (Å²) < 4.78 is 264. The fourth-order valence-corrected chi connectivity index (χ4v) is 17.3. The number of carboxylic acids is 1. The molecular weight excluding hydrogens is 1550 g/mol. The smallest absolute Gasteiger partial charge is 0.434 e. The van der Waals surface area contributed by atoms with E-state index in [1.54, 1.807) is 145 Å². The molecule has 13 fully saturated rings. The van der Waals surface area contributed by atoms with Crippen molar-refractivity contribution in [2.45, 2.75) is 332 Å². The number of Topliss-reactive ketones (excluding diaryl/α,β-unsaturated/α-hetero) is 4. The Kier molecular flexibility index (Phi) is 25.0. The number of rotatable bonds is 13. The fourth-order valence-electron chi connectivity index (χ4n) is 17.3. The Labute approximate surface area is 803 Å². The molecule has 2 unspecified atom stereocenters. The zero-order valence-corrected chi connectivity index (χ0v) is 71.9. The number of primary amides is 1. The highest BCUT2D eigenvalue weighted by Gasteiger charge is 2.55. The van der Waals surface area contributed by atoms with Gasteiger partial charge in [-0.3, -0.25) is 28.5 Å². The molecule has 12 saturated carbocycles. The second kappa shape index (κ2) is 42.3. The number of carbonyl (C=O) groups is 9. The predicted octanol–water partition coefficient (Wildman–Crippen LogP) is 26.7. The van der Waals surface area contributed by atoms with Crippen LogP contribution < -0.4 is 28.8 Å². The third kappa shape index (κ3) is 27.0. The Morgan fingerprint density at radius 3 is 1.22 bits per heavy atom. The number of carboxylic acid groups (broad SMARTS) is 1. The van der Waals surface area contributed by atoms with Crippen molar-refractivity contribution in [1.29, 1.82) is 0 Å². The molecule has 2 atom stereocenters. The number of amides is 3. The normalized spacial score (nSPS) is 27.9. The first-order chi connectivity index (χ1) is 77.7. The van der Waals surface area contributed by atoms with Gasteiger partial charge in [0.25, 0.3) is 0 Å². The van der Waals surface area contributed by atoms with E-state index in [4.69, 9.17) is 126 Å². The van der Waals surface area contributed by atoms with Gasteiger partial charge in [-0.2, -0.15) is 15.2 Å². The molecule has 3 heterocycles. The predicted molar refractivity (Wildman–Crippen MR) is 526 cm³/mol. The number of ether oxygens (including phenoxy) is 4. The number of aromatic nitrogens is 4. The Morgan fingerprint density at radius 1 is 0.558 bits per heavy atom. The first kappa shape index (κ1) is 71.1. The van der Waals surface area contributed by atoms with Crippen molar-refractivity contribution >= 4 is 83.3 Å². The molecule has 2 aromatic heterocycles. The summed E-state index contributed by atoms with van der Waals surface area (Å²) >= 11 is 0. The largest absolute Gasteiger partial charge is 1.00 e. The molecule has 18 rings (SSSR count). The second-order valence-electron chi connectivity index (χ2n) is 36.1. The van der Waals surface area contributed by atoms with E-state index in [1.807, 2.05) is 53.5 Å². The van der Waals surface area contributed by atoms with Crippen molar-refractivity contribution in [2.24, 2.45) is 43.9 Å². The summed E-state index contributed by atoms with van der Waals surface area (Å²) in [6.07, 6.45) is 26.0. The van der Waals surface area contributed by atoms with Crippen LogP contribution in [0.5, 0.6) is 0 Å². The van der Waals surface area contributed by atoms with Gasteiger partial charge < -0.3 is 58.8 Å². The standard InChI is InChI=1S/C22H26N2O3.C15H20N2O3.C13H15N3O3.C13H14N2O2.2C10H17NO.C5H11NO2.3CH4.ClH.H3N.24H2.8H/c1-16-19(20(26)27-15-18-6-4-3-5-7-18)14-23-24(16)22-11-8-21(9-12-22,10-13-22)17(2)25;1-10-12(13(19)20)9-16-17(10)15-6-3-14(4-7-15,5-8-15)11(2)18;1-13(2,3)18-12(17)15-16-11(19-16)9-5-7-10(14-4)8-6-9;1-13(2,3)17-12(16)15-9-10-5-7-11(14-4)8-6-10;2*1-8(12)9-2-5-10(11,6-3-9)7-4-9;1-5(2,3)8-4(6)7;;;;;;;;;;;;;;;;;;;;;;;;;;;;;;;;;;;;;/h3-7,14H,8-13,15H2,1-2H3;9H,3-8H2,1-2H3,(H,19,20);5-8,11H,1-3H3,(H,15,17);5-9H,1-3H3;2*2-7,11H2,1H3;1-3H3,(H2,6,7);3*1H4;1H;1H3;24*1H;;;;;;;;/q;;;;;;;;;;;;;;;;;;;;;;;;;;;;;;;;;;;;8*-1/i;;;;;;;;;;;;24*1+1D;8*1+1. The molecule has 0 spiro atoms. The Balaban J connectivity index is -0.0000000477. The molecule has 8 bridgehead atoms. The summed E-state index contributed by atoms with van der Waals surface area (Å²) in [4.78, 5) is 119. The molecular formula is C91H192ClN13O15-8. The second-order valence-corrected chi connectivity index (χ2v) is 36.1. The van der Waals surface area contributed by atoms with E-state index in [9.17, 15) is 43.2 Å². The van der Waals surface area contributed by atoms with E-state index in [-0.39, 0.29) is 120 Å². The number of hydrazine groups is 1. The number of aliphatic imine (C=N–C) groups is 1. The van der Waals surface area contributed by atoms with Gasteiger partial charge in [-0.25, -0.2) is 43.9 Å². The van der Waals surface area contributed by atoms with Crippen molar-refractivity contribution in [3.05, 3.63) is 153 Å². The average molecular weight is 1800 g/mol. The zero-order valence-electron chi connectivity index (χ0n) is 127. The van der Waals surface area contributed by atoms with Crippen LogP contribution in [0.4, 0.5) is 25.8 Å². The zero-order chi connectivity index (χ0) is 133. The molecule has 3 aromatic carbocycles. The number of hydroxylamine groups is 1.